The fourth-order valence-electron chi connectivity index (χ4n) is 3.43. The highest BCUT2D eigenvalue weighted by atomic mass is 16.1. The lowest BCUT2D eigenvalue weighted by atomic mass is 10.1. The van der Waals surface area contributed by atoms with Gasteiger partial charge in [-0.2, -0.15) is 0 Å². The van der Waals surface area contributed by atoms with Crippen molar-refractivity contribution in [3.63, 3.8) is 0 Å². The van der Waals surface area contributed by atoms with Gasteiger partial charge in [-0.3, -0.25) is 4.79 Å². The number of carbonyl (C=O) groups is 1. The van der Waals surface area contributed by atoms with Gasteiger partial charge in [-0.15, -0.1) is 0 Å². The molecule has 0 fully saturated rings. The van der Waals surface area contributed by atoms with E-state index in [1.165, 1.54) is 16.5 Å². The third kappa shape index (κ3) is 3.08. The predicted octanol–water partition coefficient (Wildman–Crippen LogP) is 3.86. The Hall–Kier alpha value is -3.08. The second kappa shape index (κ2) is 6.67. The highest BCUT2D eigenvalue weighted by molar-refractivity contribution is 5.85. The molecule has 26 heavy (non-hydrogen) atoms. The number of nitrogens with one attached hydrogen (secondary N) is 2. The Kier molecular flexibility index (Phi) is 4.21. The summed E-state index contributed by atoms with van der Waals surface area (Å²) in [4.78, 5) is 20.2. The van der Waals surface area contributed by atoms with Gasteiger partial charge < -0.3 is 14.9 Å². The van der Waals surface area contributed by atoms with Crippen molar-refractivity contribution in [2.45, 2.75) is 25.8 Å². The van der Waals surface area contributed by atoms with Crippen LogP contribution in [0, 0.1) is 0 Å². The van der Waals surface area contributed by atoms with Gasteiger partial charge in [-0.25, -0.2) is 4.98 Å². The average Bonchev–Trinajstić information content (AvgIpc) is 3.22. The lowest BCUT2D eigenvalue weighted by Crippen LogP contribution is -2.27. The monoisotopic (exact) mass is 346 g/mol. The van der Waals surface area contributed by atoms with Crippen LogP contribution in [0.4, 0.5) is 0 Å². The van der Waals surface area contributed by atoms with Gasteiger partial charge in [-0.05, 0) is 37.1 Å². The van der Waals surface area contributed by atoms with Crippen LogP contribution >= 0.6 is 0 Å². The molecule has 0 bridgehead atoms. The van der Waals surface area contributed by atoms with Crippen LogP contribution in [0.1, 0.15) is 30.8 Å². The number of hydrogen-bond donors (Lipinski definition) is 2. The minimum Gasteiger partial charge on any atom is -0.350 e. The van der Waals surface area contributed by atoms with E-state index in [0.29, 0.717) is 6.42 Å². The maximum absolute atomic E-state index is 12.4. The van der Waals surface area contributed by atoms with Crippen LogP contribution in [0.5, 0.6) is 0 Å². The van der Waals surface area contributed by atoms with Gasteiger partial charge in [0.15, 0.2) is 0 Å². The van der Waals surface area contributed by atoms with Gasteiger partial charge in [0.05, 0.1) is 17.1 Å². The molecule has 0 aliphatic carbocycles. The van der Waals surface area contributed by atoms with E-state index < -0.39 is 0 Å². The quantitative estimate of drug-likeness (QED) is 0.576. The number of benzene rings is 2. The van der Waals surface area contributed by atoms with Crippen LogP contribution in [0.2, 0.25) is 0 Å². The number of aromatic nitrogens is 3. The first-order valence-electron chi connectivity index (χ1n) is 8.89. The summed E-state index contributed by atoms with van der Waals surface area (Å²) < 4.78 is 2.11. The molecule has 4 aromatic rings. The van der Waals surface area contributed by atoms with E-state index in [1.54, 1.807) is 0 Å². The lowest BCUT2D eigenvalue weighted by Gasteiger charge is -2.11. The Bertz CT molecular complexity index is 1040. The molecule has 1 atom stereocenters. The van der Waals surface area contributed by atoms with Gasteiger partial charge in [0.2, 0.25) is 5.91 Å². The summed E-state index contributed by atoms with van der Waals surface area (Å²) >= 11 is 0. The largest absolute Gasteiger partial charge is 0.350 e. The van der Waals surface area contributed by atoms with Crippen molar-refractivity contribution >= 4 is 27.8 Å². The first kappa shape index (κ1) is 16.4. The molecule has 5 heteroatoms. The van der Waals surface area contributed by atoms with Crippen molar-refractivity contribution in [2.75, 3.05) is 0 Å². The number of rotatable bonds is 5. The summed E-state index contributed by atoms with van der Waals surface area (Å²) in [6.45, 7) is 1.95. The number of amides is 1. The van der Waals surface area contributed by atoms with E-state index in [0.717, 1.165) is 23.3 Å². The minimum absolute atomic E-state index is 0.0332. The Morgan fingerprint density at radius 3 is 2.81 bits per heavy atom. The summed E-state index contributed by atoms with van der Waals surface area (Å²) in [5, 5.41) is 4.26. The standard InChI is InChI=1S/C21H22N4O/c1-14(21-23-17-8-4-5-9-18(17)24-21)22-20(26)12-11-15-13-25(2)19-10-6-3-7-16(15)19/h3-10,13-14H,11-12H2,1-2H3,(H,22,26)(H,23,24). The van der Waals surface area contributed by atoms with Crippen LogP contribution < -0.4 is 5.32 Å². The summed E-state index contributed by atoms with van der Waals surface area (Å²) in [5.74, 6) is 0.815. The number of nitrogens with zero attached hydrogens (tertiary/aromatic N) is 2. The molecule has 0 aliphatic rings. The van der Waals surface area contributed by atoms with E-state index in [1.807, 2.05) is 50.4 Å². The number of carbonyl (C=O) groups excluding carboxylic acids is 1. The molecule has 0 saturated heterocycles. The molecule has 4 rings (SSSR count). The van der Waals surface area contributed by atoms with Gasteiger partial charge in [-0.1, -0.05) is 30.3 Å². The highest BCUT2D eigenvalue weighted by Crippen LogP contribution is 2.21. The molecule has 2 aromatic heterocycles. The molecular weight excluding hydrogens is 324 g/mol. The van der Waals surface area contributed by atoms with Crippen molar-refractivity contribution in [1.29, 1.82) is 0 Å². The number of H-pyrrole nitrogens is 1. The van der Waals surface area contributed by atoms with E-state index in [9.17, 15) is 4.79 Å². The normalized spacial score (nSPS) is 12.5. The molecular formula is C21H22N4O. The zero-order valence-electron chi connectivity index (χ0n) is 15.0. The Morgan fingerprint density at radius 2 is 1.96 bits per heavy atom. The van der Waals surface area contributed by atoms with Crippen LogP contribution in [0.3, 0.4) is 0 Å². The molecule has 2 heterocycles. The summed E-state index contributed by atoms with van der Waals surface area (Å²) in [5.41, 5.74) is 4.30. The molecule has 2 N–H and O–H groups in total. The molecule has 0 saturated carbocycles. The molecule has 132 valence electrons. The summed E-state index contributed by atoms with van der Waals surface area (Å²) in [6, 6.07) is 16.0. The van der Waals surface area contributed by atoms with E-state index in [4.69, 9.17) is 0 Å². The predicted molar refractivity (Wildman–Crippen MR) is 104 cm³/mol. The lowest BCUT2D eigenvalue weighted by molar-refractivity contribution is -0.121. The molecule has 0 radical (unpaired) electrons. The summed E-state index contributed by atoms with van der Waals surface area (Å²) in [7, 11) is 2.04. The van der Waals surface area contributed by atoms with Crippen molar-refractivity contribution in [3.05, 3.63) is 66.1 Å². The van der Waals surface area contributed by atoms with Crippen LogP contribution in [0.15, 0.2) is 54.7 Å². The van der Waals surface area contributed by atoms with E-state index in [2.05, 4.69) is 38.2 Å². The maximum atomic E-state index is 12.4. The van der Waals surface area contributed by atoms with Crippen molar-refractivity contribution in [3.8, 4) is 0 Å². The van der Waals surface area contributed by atoms with Gasteiger partial charge >= 0.3 is 0 Å². The number of aromatic amines is 1. The SMILES string of the molecule is CC(NC(=O)CCc1cn(C)c2ccccc12)c1nc2ccccc2[nH]1. The number of fused-ring (bicyclic) bond motifs is 2. The highest BCUT2D eigenvalue weighted by Gasteiger charge is 2.14. The van der Waals surface area contributed by atoms with Crippen LogP contribution in [0.25, 0.3) is 21.9 Å². The number of imidazole rings is 1. The van der Waals surface area contributed by atoms with E-state index in [-0.39, 0.29) is 11.9 Å². The van der Waals surface area contributed by atoms with Crippen LogP contribution in [-0.2, 0) is 18.3 Å². The van der Waals surface area contributed by atoms with Gasteiger partial charge in [0, 0.05) is 30.6 Å². The second-order valence-corrected chi connectivity index (χ2v) is 6.71. The summed E-state index contributed by atoms with van der Waals surface area (Å²) in [6.07, 6.45) is 3.29. The maximum Gasteiger partial charge on any atom is 0.220 e. The van der Waals surface area contributed by atoms with E-state index >= 15 is 0 Å². The smallest absolute Gasteiger partial charge is 0.220 e. The van der Waals surface area contributed by atoms with Crippen molar-refractivity contribution < 1.29 is 4.79 Å². The third-order valence-corrected chi connectivity index (χ3v) is 4.80. The first-order valence-corrected chi connectivity index (χ1v) is 8.89. The zero-order valence-corrected chi connectivity index (χ0v) is 15.0. The minimum atomic E-state index is -0.151. The molecule has 1 unspecified atom stereocenters. The molecule has 0 aliphatic heterocycles. The zero-order chi connectivity index (χ0) is 18.1. The number of hydrogen-bond acceptors (Lipinski definition) is 2. The van der Waals surface area contributed by atoms with Crippen LogP contribution in [-0.4, -0.2) is 20.4 Å². The van der Waals surface area contributed by atoms with Gasteiger partial charge in [0.25, 0.3) is 0 Å². The van der Waals surface area contributed by atoms with Crippen molar-refractivity contribution in [1.82, 2.24) is 19.9 Å². The molecule has 2 aromatic carbocycles. The first-order chi connectivity index (χ1) is 12.6. The molecule has 0 spiro atoms. The second-order valence-electron chi connectivity index (χ2n) is 6.71. The average molecular weight is 346 g/mol. The Labute approximate surface area is 152 Å². The fraction of sp³-hybridized carbons (Fsp3) is 0.238. The molecule has 1 amide bonds. The Morgan fingerprint density at radius 1 is 1.19 bits per heavy atom. The number of para-hydroxylation sites is 3. The van der Waals surface area contributed by atoms with Gasteiger partial charge in [0.1, 0.15) is 5.82 Å². The topological polar surface area (TPSA) is 62.7 Å². The van der Waals surface area contributed by atoms with Crippen molar-refractivity contribution in [2.24, 2.45) is 7.05 Å². The molecule has 5 nitrogen and oxygen atoms in total. The fourth-order valence-corrected chi connectivity index (χ4v) is 3.43. The Balaban J connectivity index is 1.41. The third-order valence-electron chi connectivity index (χ3n) is 4.80. The number of aryl methyl sites for hydroxylation is 2.